The molecular weight excluding hydrogens is 324 g/mol. The molecule has 3 atom stereocenters. The van der Waals surface area contributed by atoms with Crippen LogP contribution >= 0.6 is 0 Å². The molecule has 0 spiro atoms. The van der Waals surface area contributed by atoms with Gasteiger partial charge in [-0.25, -0.2) is 4.79 Å². The number of benzene rings is 1. The van der Waals surface area contributed by atoms with E-state index >= 15 is 0 Å². The van der Waals surface area contributed by atoms with E-state index in [2.05, 4.69) is 5.32 Å². The molecule has 2 heterocycles. The molecule has 3 rings (SSSR count). The Balaban J connectivity index is 1.62. The van der Waals surface area contributed by atoms with Gasteiger partial charge in [0.1, 0.15) is 12.1 Å². The third-order valence-electron chi connectivity index (χ3n) is 4.69. The van der Waals surface area contributed by atoms with E-state index in [0.717, 1.165) is 17.7 Å². The molecule has 0 saturated carbocycles. The zero-order valence-corrected chi connectivity index (χ0v) is 14.1. The van der Waals surface area contributed by atoms with Crippen LogP contribution in [0.3, 0.4) is 0 Å². The molecule has 25 heavy (non-hydrogen) atoms. The number of carbonyl (C=O) groups excluding carboxylic acids is 2. The maximum atomic E-state index is 12.7. The van der Waals surface area contributed by atoms with Crippen molar-refractivity contribution in [1.29, 1.82) is 0 Å². The van der Waals surface area contributed by atoms with Gasteiger partial charge in [-0.1, -0.05) is 17.7 Å². The number of hydrogen-bond donors (Lipinski definition) is 2. The number of amides is 2. The summed E-state index contributed by atoms with van der Waals surface area (Å²) in [6.07, 6.45) is 0.272. The Morgan fingerprint density at radius 3 is 2.48 bits per heavy atom. The van der Waals surface area contributed by atoms with E-state index in [0.29, 0.717) is 25.8 Å². The smallest absolute Gasteiger partial charge is 0.332 e. The minimum absolute atomic E-state index is 0.142. The van der Waals surface area contributed by atoms with Crippen LogP contribution in [0.25, 0.3) is 0 Å². The first-order valence-corrected chi connectivity index (χ1v) is 8.52. The zero-order valence-electron chi connectivity index (χ0n) is 14.1. The quantitative estimate of drug-likeness (QED) is 0.855. The Kier molecular flexibility index (Phi) is 5.03. The van der Waals surface area contributed by atoms with E-state index in [-0.39, 0.29) is 5.91 Å². The van der Waals surface area contributed by atoms with Crippen molar-refractivity contribution < 1.29 is 24.2 Å². The van der Waals surface area contributed by atoms with Crippen LogP contribution in [0.1, 0.15) is 31.2 Å². The molecule has 7 nitrogen and oxygen atoms in total. The Labute approximate surface area is 146 Å². The van der Waals surface area contributed by atoms with Crippen LogP contribution in [0.2, 0.25) is 0 Å². The minimum atomic E-state index is -1.06. The van der Waals surface area contributed by atoms with Crippen molar-refractivity contribution in [3.05, 3.63) is 29.8 Å². The van der Waals surface area contributed by atoms with Gasteiger partial charge in [-0.2, -0.15) is 0 Å². The summed E-state index contributed by atoms with van der Waals surface area (Å²) >= 11 is 0. The van der Waals surface area contributed by atoms with Crippen LogP contribution in [-0.4, -0.2) is 47.7 Å². The molecule has 0 bridgehead atoms. The highest BCUT2D eigenvalue weighted by Crippen LogP contribution is 2.23. The van der Waals surface area contributed by atoms with Crippen LogP contribution in [0.4, 0.5) is 5.69 Å². The van der Waals surface area contributed by atoms with Crippen LogP contribution in [0, 0.1) is 6.92 Å². The van der Waals surface area contributed by atoms with E-state index in [9.17, 15) is 14.4 Å². The molecule has 0 aromatic heterocycles. The molecule has 2 saturated heterocycles. The highest BCUT2D eigenvalue weighted by atomic mass is 16.5. The Hall–Kier alpha value is -2.41. The molecule has 1 unspecified atom stereocenters. The van der Waals surface area contributed by atoms with Crippen LogP contribution in [0.15, 0.2) is 24.3 Å². The SMILES string of the molecule is Cc1ccc(N2CCCC(NC(=O)[C@@H]3CC[C@H](C(=O)O)O3)C2=O)cc1. The molecule has 2 fully saturated rings. The average Bonchev–Trinajstić information content (AvgIpc) is 3.08. The fourth-order valence-electron chi connectivity index (χ4n) is 3.27. The highest BCUT2D eigenvalue weighted by Gasteiger charge is 2.37. The molecule has 0 aliphatic carbocycles. The number of rotatable bonds is 4. The van der Waals surface area contributed by atoms with Crippen molar-refractivity contribution in [3.8, 4) is 0 Å². The largest absolute Gasteiger partial charge is 0.479 e. The standard InChI is InChI=1S/C18H22N2O5/c1-11-4-6-12(7-5-11)20-10-2-3-13(17(20)22)19-16(21)14-8-9-15(25-14)18(23)24/h4-7,13-15H,2-3,8-10H2,1H3,(H,19,21)(H,23,24)/t13?,14-,15+/m0/s1. The average molecular weight is 346 g/mol. The number of carboxylic acids is 1. The van der Waals surface area contributed by atoms with E-state index in [1.165, 1.54) is 0 Å². The third kappa shape index (κ3) is 3.82. The van der Waals surface area contributed by atoms with Gasteiger partial charge in [0, 0.05) is 12.2 Å². The number of aryl methyl sites for hydroxylation is 1. The van der Waals surface area contributed by atoms with Crippen molar-refractivity contribution in [3.63, 3.8) is 0 Å². The number of nitrogens with zero attached hydrogens (tertiary/aromatic N) is 1. The van der Waals surface area contributed by atoms with Gasteiger partial charge in [0.15, 0.2) is 6.10 Å². The van der Waals surface area contributed by atoms with Gasteiger partial charge in [-0.15, -0.1) is 0 Å². The maximum absolute atomic E-state index is 12.7. The topological polar surface area (TPSA) is 95.9 Å². The molecule has 2 amide bonds. The Bertz CT molecular complexity index is 673. The molecule has 1 aromatic carbocycles. The summed E-state index contributed by atoms with van der Waals surface area (Å²) in [7, 11) is 0. The lowest BCUT2D eigenvalue weighted by Crippen LogP contribution is -2.54. The number of carbonyl (C=O) groups is 3. The summed E-state index contributed by atoms with van der Waals surface area (Å²) in [6.45, 7) is 2.60. The fourth-order valence-corrected chi connectivity index (χ4v) is 3.27. The molecule has 134 valence electrons. The van der Waals surface area contributed by atoms with Crippen LogP contribution in [0.5, 0.6) is 0 Å². The van der Waals surface area contributed by atoms with E-state index in [4.69, 9.17) is 9.84 Å². The van der Waals surface area contributed by atoms with Gasteiger partial charge in [-0.3, -0.25) is 9.59 Å². The number of carboxylic acid groups (broad SMARTS) is 1. The Morgan fingerprint density at radius 2 is 1.84 bits per heavy atom. The van der Waals surface area contributed by atoms with E-state index in [1.54, 1.807) is 4.90 Å². The maximum Gasteiger partial charge on any atom is 0.332 e. The predicted molar refractivity (Wildman–Crippen MR) is 90.2 cm³/mol. The number of aliphatic carboxylic acids is 1. The molecule has 2 aliphatic heterocycles. The molecule has 0 radical (unpaired) electrons. The second-order valence-electron chi connectivity index (χ2n) is 6.56. The normalized spacial score (nSPS) is 26.5. The first kappa shape index (κ1) is 17.4. The third-order valence-corrected chi connectivity index (χ3v) is 4.69. The number of ether oxygens (including phenoxy) is 1. The van der Waals surface area contributed by atoms with Gasteiger partial charge in [0.05, 0.1) is 0 Å². The first-order valence-electron chi connectivity index (χ1n) is 8.52. The van der Waals surface area contributed by atoms with Crippen molar-refractivity contribution in [2.45, 2.75) is 50.9 Å². The van der Waals surface area contributed by atoms with Crippen LogP contribution < -0.4 is 10.2 Å². The van der Waals surface area contributed by atoms with Crippen molar-refractivity contribution in [1.82, 2.24) is 5.32 Å². The number of piperidine rings is 1. The summed E-state index contributed by atoms with van der Waals surface area (Å²) in [5.74, 6) is -1.61. The summed E-state index contributed by atoms with van der Waals surface area (Å²) in [6, 6.07) is 7.09. The minimum Gasteiger partial charge on any atom is -0.479 e. The zero-order chi connectivity index (χ0) is 18.0. The van der Waals surface area contributed by atoms with E-state index < -0.39 is 30.1 Å². The van der Waals surface area contributed by atoms with Crippen LogP contribution in [-0.2, 0) is 19.1 Å². The monoisotopic (exact) mass is 346 g/mol. The lowest BCUT2D eigenvalue weighted by atomic mass is 10.0. The second kappa shape index (κ2) is 7.23. The first-order chi connectivity index (χ1) is 12.0. The molecule has 1 aromatic rings. The molecule has 2 aliphatic rings. The van der Waals surface area contributed by atoms with Crippen molar-refractivity contribution in [2.75, 3.05) is 11.4 Å². The summed E-state index contributed by atoms with van der Waals surface area (Å²) in [5.41, 5.74) is 1.93. The number of hydrogen-bond acceptors (Lipinski definition) is 4. The van der Waals surface area contributed by atoms with Crippen molar-refractivity contribution >= 4 is 23.5 Å². The predicted octanol–water partition coefficient (Wildman–Crippen LogP) is 1.24. The number of anilines is 1. The molecular formula is C18H22N2O5. The lowest BCUT2D eigenvalue weighted by Gasteiger charge is -2.33. The van der Waals surface area contributed by atoms with Crippen molar-refractivity contribution in [2.24, 2.45) is 0 Å². The van der Waals surface area contributed by atoms with Gasteiger partial charge >= 0.3 is 5.97 Å². The van der Waals surface area contributed by atoms with Gasteiger partial charge in [-0.05, 0) is 44.7 Å². The van der Waals surface area contributed by atoms with E-state index in [1.807, 2.05) is 31.2 Å². The van der Waals surface area contributed by atoms with Gasteiger partial charge in [0.25, 0.3) is 0 Å². The lowest BCUT2D eigenvalue weighted by molar-refractivity contribution is -0.152. The molecule has 7 heteroatoms. The van der Waals surface area contributed by atoms with Gasteiger partial charge < -0.3 is 20.1 Å². The molecule has 2 N–H and O–H groups in total. The number of nitrogens with one attached hydrogen (secondary N) is 1. The summed E-state index contributed by atoms with van der Waals surface area (Å²) in [5, 5.41) is 11.7. The van der Waals surface area contributed by atoms with Gasteiger partial charge in [0.2, 0.25) is 11.8 Å². The highest BCUT2D eigenvalue weighted by molar-refractivity contribution is 6.00. The Morgan fingerprint density at radius 1 is 1.16 bits per heavy atom. The second-order valence-corrected chi connectivity index (χ2v) is 6.56. The summed E-state index contributed by atoms with van der Waals surface area (Å²) < 4.78 is 5.25. The fraction of sp³-hybridized carbons (Fsp3) is 0.500. The summed E-state index contributed by atoms with van der Waals surface area (Å²) in [4.78, 5) is 37.6.